The van der Waals surface area contributed by atoms with Crippen LogP contribution < -0.4 is 0 Å². The third-order valence-corrected chi connectivity index (χ3v) is 11.5. The Labute approximate surface area is 374 Å². The average Bonchev–Trinajstić information content (AvgIpc) is 3.27. The van der Waals surface area contributed by atoms with E-state index in [9.17, 15) is 112 Å². The van der Waals surface area contributed by atoms with E-state index >= 15 is 19.2 Å². The molecule has 5 aromatic carbocycles. The van der Waals surface area contributed by atoms with Crippen molar-refractivity contribution < 1.29 is 131 Å². The molecule has 0 saturated heterocycles. The number of ketones is 5. The van der Waals surface area contributed by atoms with Crippen LogP contribution in [0.15, 0.2) is 60.7 Å². The van der Waals surface area contributed by atoms with Crippen LogP contribution in [0.4, 0.5) is 0 Å². The van der Waals surface area contributed by atoms with Crippen LogP contribution in [0.3, 0.4) is 0 Å². The van der Waals surface area contributed by atoms with E-state index in [0.717, 1.165) is 0 Å². The second kappa shape index (κ2) is 15.4. The fourth-order valence-electron chi connectivity index (χ4n) is 8.24. The van der Waals surface area contributed by atoms with E-state index in [0.29, 0.717) is 0 Å². The maximum absolute atomic E-state index is 15.7. The minimum atomic E-state index is -5.73. The minimum absolute atomic E-state index is 0.00837. The smallest absolute Gasteiger partial charge is 0.337 e. The lowest BCUT2D eigenvalue weighted by molar-refractivity contribution is -0.278. The summed E-state index contributed by atoms with van der Waals surface area (Å²) in [6.45, 7) is 0. The molecule has 2 unspecified atom stereocenters. The number of benzene rings is 5. The highest BCUT2D eigenvalue weighted by molar-refractivity contribution is 6.32. The van der Waals surface area contributed by atoms with Crippen LogP contribution in [0, 0.1) is 5.41 Å². The fraction of sp³-hybridized carbons (Fsp3) is 0.143. The number of aliphatic hydroxyl groups is 4. The zero-order chi connectivity index (χ0) is 51.3. The summed E-state index contributed by atoms with van der Waals surface area (Å²) in [4.78, 5) is 91.2. The molecule has 68 heavy (non-hydrogen) atoms. The zero-order valence-electron chi connectivity index (χ0n) is 33.4. The predicted octanol–water partition coefficient (Wildman–Crippen LogP) is -0.616. The summed E-state index contributed by atoms with van der Waals surface area (Å²) in [5, 5.41) is 220. The summed E-state index contributed by atoms with van der Waals surface area (Å²) in [5.74, 6) is -40.2. The van der Waals surface area contributed by atoms with Gasteiger partial charge in [0, 0.05) is 34.2 Å². The van der Waals surface area contributed by atoms with Crippen molar-refractivity contribution in [3.8, 4) is 86.2 Å². The first-order valence-electron chi connectivity index (χ1n) is 18.4. The van der Waals surface area contributed by atoms with Gasteiger partial charge in [0.2, 0.25) is 11.4 Å². The molecule has 1 aliphatic rings. The lowest BCUT2D eigenvalue weighted by atomic mass is 9.39. The summed E-state index contributed by atoms with van der Waals surface area (Å²) < 4.78 is 0. The molecule has 0 bridgehead atoms. The molecule has 0 aliphatic heterocycles. The Hall–Kier alpha value is -9.24. The van der Waals surface area contributed by atoms with Gasteiger partial charge in [0.1, 0.15) is 0 Å². The first-order valence-corrected chi connectivity index (χ1v) is 18.4. The van der Waals surface area contributed by atoms with E-state index in [1.807, 2.05) is 0 Å². The van der Waals surface area contributed by atoms with Crippen LogP contribution in [-0.2, 0) is 4.79 Å². The van der Waals surface area contributed by atoms with Gasteiger partial charge in [0.15, 0.2) is 132 Å². The Bertz CT molecular complexity index is 2920. The molecule has 1 aliphatic carbocycles. The molecule has 5 aromatic rings. The molecule has 356 valence electrons. The second-order valence-corrected chi connectivity index (χ2v) is 15.3. The molecule has 0 aromatic heterocycles. The van der Waals surface area contributed by atoms with Crippen molar-refractivity contribution in [2.45, 2.75) is 28.8 Å². The Morgan fingerprint density at radius 1 is 0.309 bits per heavy atom. The van der Waals surface area contributed by atoms with Gasteiger partial charge in [-0.15, -0.1) is 0 Å². The van der Waals surface area contributed by atoms with Gasteiger partial charge in [0.25, 0.3) is 0 Å². The number of hydrogen-bond donors (Lipinski definition) is 20. The van der Waals surface area contributed by atoms with Gasteiger partial charge in [-0.25, -0.2) is 4.79 Å². The maximum atomic E-state index is 15.7. The number of carbonyl (C=O) groups is 6. The van der Waals surface area contributed by atoms with Gasteiger partial charge >= 0.3 is 5.97 Å². The van der Waals surface area contributed by atoms with Gasteiger partial charge in [-0.1, -0.05) is 0 Å². The van der Waals surface area contributed by atoms with Crippen molar-refractivity contribution in [2.75, 3.05) is 0 Å². The van der Waals surface area contributed by atoms with Crippen LogP contribution in [0.25, 0.3) is 0 Å². The number of carboxylic acid groups (broad SMARTS) is 1. The van der Waals surface area contributed by atoms with Crippen LogP contribution in [-0.4, -0.2) is 159 Å². The number of phenolic OH excluding ortho intramolecular Hbond substituents is 15. The van der Waals surface area contributed by atoms with E-state index in [2.05, 4.69) is 0 Å². The number of phenols is 15. The molecule has 0 spiro atoms. The summed E-state index contributed by atoms with van der Waals surface area (Å²) in [5.41, 5.74) is -34.9. The standard InChI is InChI=1S/C42H32O26/c43-17-1-12(2-18(44)27(17)53)32(58)38(65)11-39(66,37(63)64)40(33(59)13-3-19(45)28(54)20(46)4-13,34(60)14-5-21(47)29(55)22(48)6-14)42(68,36(62)16-9-25(51)31(57)26(52)10-16)41(38,67)35(61)15-7-23(49)30(56)24(50)8-15/h1-10,43-57,65-68H,11H2,(H,63,64)/t38-,39?,41?,42+/m0/s1. The van der Waals surface area contributed by atoms with Crippen LogP contribution >= 0.6 is 0 Å². The van der Waals surface area contributed by atoms with Crippen molar-refractivity contribution >= 4 is 34.9 Å². The first kappa shape index (κ1) is 48.2. The third-order valence-electron chi connectivity index (χ3n) is 11.5. The number of carboxylic acids is 1. The van der Waals surface area contributed by atoms with Gasteiger partial charge in [-0.05, 0) is 60.7 Å². The van der Waals surface area contributed by atoms with Gasteiger partial charge < -0.3 is 102 Å². The normalized spacial score (nSPS) is 21.9. The van der Waals surface area contributed by atoms with Crippen molar-refractivity contribution in [3.63, 3.8) is 0 Å². The number of Topliss-reactive ketones (excluding diaryl/α,β-unsaturated/α-hetero) is 5. The third kappa shape index (κ3) is 6.20. The van der Waals surface area contributed by atoms with E-state index in [-0.39, 0.29) is 60.7 Å². The maximum Gasteiger partial charge on any atom is 0.337 e. The second-order valence-electron chi connectivity index (χ2n) is 15.3. The first-order chi connectivity index (χ1) is 31.3. The summed E-state index contributed by atoms with van der Waals surface area (Å²) in [6.07, 6.45) is -2.85. The highest BCUT2D eigenvalue weighted by atomic mass is 16.4. The molecule has 4 atom stereocenters. The predicted molar refractivity (Wildman–Crippen MR) is 213 cm³/mol. The molecule has 6 rings (SSSR count). The van der Waals surface area contributed by atoms with Gasteiger partial charge in [0.05, 0.1) is 0 Å². The Balaban J connectivity index is 2.00. The molecular formula is C42H32O26. The Morgan fingerprint density at radius 3 is 0.750 bits per heavy atom. The molecule has 0 radical (unpaired) electrons. The van der Waals surface area contributed by atoms with Crippen molar-refractivity contribution in [2.24, 2.45) is 5.41 Å². The van der Waals surface area contributed by atoms with E-state index < -0.39 is 183 Å². The van der Waals surface area contributed by atoms with Gasteiger partial charge in [-0.3, -0.25) is 24.0 Å². The average molecular weight is 953 g/mol. The summed E-state index contributed by atoms with van der Waals surface area (Å²) in [7, 11) is 0. The molecular weight excluding hydrogens is 920 g/mol. The Kier molecular flexibility index (Phi) is 11.0. The summed E-state index contributed by atoms with van der Waals surface area (Å²) in [6, 6.07) is 0.217. The molecule has 1 fully saturated rings. The number of carbonyl (C=O) groups excluding carboxylic acids is 5. The van der Waals surface area contributed by atoms with Crippen LogP contribution in [0.2, 0.25) is 0 Å². The highest BCUT2D eigenvalue weighted by Crippen LogP contribution is 2.64. The lowest BCUT2D eigenvalue weighted by Gasteiger charge is -2.63. The summed E-state index contributed by atoms with van der Waals surface area (Å²) >= 11 is 0. The van der Waals surface area contributed by atoms with E-state index in [4.69, 9.17) is 0 Å². The minimum Gasteiger partial charge on any atom is -0.504 e. The number of aromatic hydroxyl groups is 15. The van der Waals surface area contributed by atoms with Crippen LogP contribution in [0.5, 0.6) is 86.2 Å². The lowest BCUT2D eigenvalue weighted by Crippen LogP contribution is -2.92. The molecule has 1 saturated carbocycles. The zero-order valence-corrected chi connectivity index (χ0v) is 33.4. The molecule has 26 nitrogen and oxygen atoms in total. The van der Waals surface area contributed by atoms with Gasteiger partial charge in [-0.2, -0.15) is 0 Å². The highest BCUT2D eigenvalue weighted by Gasteiger charge is 2.91. The topological polar surface area (TPSA) is 507 Å². The molecule has 0 amide bonds. The quantitative estimate of drug-likeness (QED) is 0.0446. The fourth-order valence-corrected chi connectivity index (χ4v) is 8.24. The molecule has 20 N–H and O–H groups in total. The van der Waals surface area contributed by atoms with E-state index in [1.165, 1.54) is 0 Å². The largest absolute Gasteiger partial charge is 0.504 e. The number of rotatable bonds is 11. The number of aliphatic carboxylic acids is 1. The van der Waals surface area contributed by atoms with Crippen molar-refractivity contribution in [3.05, 3.63) is 88.5 Å². The van der Waals surface area contributed by atoms with E-state index in [1.54, 1.807) is 0 Å². The SMILES string of the molecule is O=C(O)C1(O)C[C@](O)(C(=O)c2cc(O)c(O)c(O)c2)C(O)(C(=O)c2cc(O)c(O)c(O)c2)[C@@](O)(C(=O)c2cc(O)c(O)c(O)c2)C1(C(=O)c1cc(O)c(O)c(O)c1)C(=O)c1cc(O)c(O)c(O)c1. The van der Waals surface area contributed by atoms with Crippen molar-refractivity contribution in [1.29, 1.82) is 0 Å². The Morgan fingerprint density at radius 2 is 0.515 bits per heavy atom. The number of hydrogen-bond acceptors (Lipinski definition) is 25. The monoisotopic (exact) mass is 952 g/mol. The molecule has 0 heterocycles. The van der Waals surface area contributed by atoms with Crippen LogP contribution in [0.1, 0.15) is 58.2 Å². The van der Waals surface area contributed by atoms with Crippen molar-refractivity contribution in [1.82, 2.24) is 0 Å². The molecule has 26 heteroatoms.